The maximum Gasteiger partial charge on any atom is 0.365 e. The second-order valence-corrected chi connectivity index (χ2v) is 13.3. The molecule has 2 aromatic heterocycles. The van der Waals surface area contributed by atoms with Crippen molar-refractivity contribution in [1.29, 1.82) is 0 Å². The van der Waals surface area contributed by atoms with Gasteiger partial charge in [0.05, 0.1) is 22.2 Å². The number of fused-ring (bicyclic) bond motifs is 3. The highest BCUT2D eigenvalue weighted by Crippen LogP contribution is 2.59. The number of carbonyl (C=O) groups excluding carboxylic acids is 1. The molecular weight excluding hydrogens is 541 g/mol. The van der Waals surface area contributed by atoms with Crippen LogP contribution in [0.1, 0.15) is 41.6 Å². The van der Waals surface area contributed by atoms with Crippen molar-refractivity contribution in [1.82, 2.24) is 20.1 Å². The Morgan fingerprint density at radius 3 is 2.59 bits per heavy atom. The predicted molar refractivity (Wildman–Crippen MR) is 143 cm³/mol. The fourth-order valence-electron chi connectivity index (χ4n) is 6.08. The molecule has 0 bridgehead atoms. The van der Waals surface area contributed by atoms with Gasteiger partial charge in [0.1, 0.15) is 11.3 Å². The zero-order valence-corrected chi connectivity index (χ0v) is 22.4. The van der Waals surface area contributed by atoms with Crippen molar-refractivity contribution in [2.75, 3.05) is 15.8 Å². The van der Waals surface area contributed by atoms with Gasteiger partial charge >= 0.3 is 5.97 Å². The maximum atomic E-state index is 14.1. The van der Waals surface area contributed by atoms with Crippen molar-refractivity contribution in [3.05, 3.63) is 77.7 Å². The number of hydrogen-bond acceptors (Lipinski definition) is 8. The molecule has 0 amide bonds. The average Bonchev–Trinajstić information content (AvgIpc) is 3.65. The Balaban J connectivity index is 1.33. The molecule has 1 aliphatic carbocycles. The third-order valence-corrected chi connectivity index (χ3v) is 10.8. The predicted octanol–water partition coefficient (Wildman–Crippen LogP) is 3.99. The fraction of sp³-hybridized carbons (Fsp3) is 0.333. The lowest BCUT2D eigenvalue weighted by Gasteiger charge is -2.41. The molecule has 4 heterocycles. The van der Waals surface area contributed by atoms with Gasteiger partial charge in [-0.2, -0.15) is 11.8 Å². The summed E-state index contributed by atoms with van der Waals surface area (Å²) >= 11 is 1.86. The van der Waals surface area contributed by atoms with Crippen LogP contribution in [0.3, 0.4) is 0 Å². The number of benzene rings is 2. The van der Waals surface area contributed by atoms with E-state index in [0.717, 1.165) is 47.6 Å². The standard InChI is InChI=1S/C27H24FN5O4S2/c28-19-6-8-20(9-7-19)39(35,36)32-23-10-5-18(26(34)37-33-25-22(30-31-33)2-1-13-29-25)16-21(23)27(11-14-38-15-12-27)24(32)17-3-4-17/h1-2,5-10,13,16-17,24H,3-4,11-12,14-15H2. The van der Waals surface area contributed by atoms with E-state index < -0.39 is 27.2 Å². The Kier molecular flexibility index (Phi) is 5.67. The lowest BCUT2D eigenvalue weighted by Crippen LogP contribution is -2.50. The number of thioether (sulfide) groups is 1. The zero-order chi connectivity index (χ0) is 26.8. The molecule has 2 fully saturated rings. The molecule has 1 atom stereocenters. The first-order valence-corrected chi connectivity index (χ1v) is 15.4. The Bertz CT molecular complexity index is 1700. The van der Waals surface area contributed by atoms with Crippen molar-refractivity contribution in [2.45, 2.75) is 42.0 Å². The summed E-state index contributed by atoms with van der Waals surface area (Å²) in [7, 11) is -3.98. The molecule has 7 rings (SSSR count). The van der Waals surface area contributed by atoms with Crippen LogP contribution in [0.2, 0.25) is 0 Å². The number of pyridine rings is 1. The number of nitrogens with zero attached hydrogens (tertiary/aromatic N) is 5. The van der Waals surface area contributed by atoms with Gasteiger partial charge in [-0.15, -0.1) is 5.10 Å². The smallest absolute Gasteiger partial charge is 0.310 e. The molecule has 1 unspecified atom stereocenters. The number of aromatic nitrogens is 4. The van der Waals surface area contributed by atoms with Crippen molar-refractivity contribution in [3.63, 3.8) is 0 Å². The summed E-state index contributed by atoms with van der Waals surface area (Å²) < 4.78 is 43.5. The summed E-state index contributed by atoms with van der Waals surface area (Å²) in [6, 6.07) is 13.2. The van der Waals surface area contributed by atoms with Crippen LogP contribution in [0.4, 0.5) is 10.1 Å². The molecule has 1 saturated heterocycles. The van der Waals surface area contributed by atoms with Crippen molar-refractivity contribution >= 4 is 44.6 Å². The Morgan fingerprint density at radius 1 is 1.08 bits per heavy atom. The van der Waals surface area contributed by atoms with Crippen LogP contribution in [-0.4, -0.2) is 52.1 Å². The zero-order valence-electron chi connectivity index (χ0n) is 20.7. The van der Waals surface area contributed by atoms with E-state index in [2.05, 4.69) is 15.3 Å². The van der Waals surface area contributed by atoms with Gasteiger partial charge in [-0.1, -0.05) is 0 Å². The van der Waals surface area contributed by atoms with Crippen molar-refractivity contribution < 1.29 is 22.4 Å². The second kappa shape index (κ2) is 9.02. The summed E-state index contributed by atoms with van der Waals surface area (Å²) in [5, 5.41) is 7.86. The Morgan fingerprint density at radius 2 is 1.85 bits per heavy atom. The van der Waals surface area contributed by atoms with E-state index in [0.29, 0.717) is 22.4 Å². The summed E-state index contributed by atoms with van der Waals surface area (Å²) in [6.07, 6.45) is 5.06. The van der Waals surface area contributed by atoms with Gasteiger partial charge in [0.2, 0.25) is 5.65 Å². The minimum atomic E-state index is -3.98. The number of carbonyl (C=O) groups is 1. The van der Waals surface area contributed by atoms with Crippen LogP contribution in [0, 0.1) is 11.7 Å². The highest BCUT2D eigenvalue weighted by molar-refractivity contribution is 7.99. The molecule has 39 heavy (non-hydrogen) atoms. The maximum absolute atomic E-state index is 14.1. The van der Waals surface area contributed by atoms with Gasteiger partial charge < -0.3 is 4.84 Å². The SMILES string of the molecule is O=C(On1nnc2cccnc21)c1ccc2c(c1)C1(CCSCC1)C(C1CC1)N2S(=O)(=O)c1ccc(F)cc1. The number of rotatable bonds is 5. The topological polar surface area (TPSA) is 107 Å². The minimum absolute atomic E-state index is 0.0526. The fourth-order valence-corrected chi connectivity index (χ4v) is 9.10. The molecule has 3 aliphatic rings. The summed E-state index contributed by atoms with van der Waals surface area (Å²) in [5.41, 5.74) is 2.10. The van der Waals surface area contributed by atoms with Crippen LogP contribution in [0.25, 0.3) is 11.2 Å². The molecule has 1 saturated carbocycles. The van der Waals surface area contributed by atoms with Gasteiger partial charge in [0.25, 0.3) is 10.0 Å². The highest BCUT2D eigenvalue weighted by atomic mass is 32.2. The van der Waals surface area contributed by atoms with E-state index in [1.807, 2.05) is 11.8 Å². The van der Waals surface area contributed by atoms with E-state index in [-0.39, 0.29) is 16.9 Å². The molecule has 4 aromatic rings. The monoisotopic (exact) mass is 565 g/mol. The van der Waals surface area contributed by atoms with E-state index in [1.54, 1.807) is 40.8 Å². The number of halogens is 1. The Labute approximate surface area is 228 Å². The lowest BCUT2D eigenvalue weighted by molar-refractivity contribution is 0.0405. The highest BCUT2D eigenvalue weighted by Gasteiger charge is 2.59. The largest absolute Gasteiger partial charge is 0.365 e. The minimum Gasteiger partial charge on any atom is -0.310 e. The number of hydrogen-bond donors (Lipinski definition) is 0. The molecule has 2 aromatic carbocycles. The first-order valence-electron chi connectivity index (χ1n) is 12.8. The van der Waals surface area contributed by atoms with Crippen LogP contribution < -0.4 is 9.14 Å². The molecule has 0 radical (unpaired) electrons. The first-order chi connectivity index (χ1) is 18.9. The normalized spacial score (nSPS) is 20.3. The third kappa shape index (κ3) is 3.91. The lowest BCUT2D eigenvalue weighted by atomic mass is 9.70. The quantitative estimate of drug-likeness (QED) is 0.335. The van der Waals surface area contributed by atoms with Crippen LogP contribution in [0.5, 0.6) is 0 Å². The second-order valence-electron chi connectivity index (χ2n) is 10.2. The molecule has 2 aliphatic heterocycles. The van der Waals surface area contributed by atoms with Crippen LogP contribution in [0.15, 0.2) is 65.7 Å². The third-order valence-electron chi connectivity index (χ3n) is 8.00. The molecule has 200 valence electrons. The van der Waals surface area contributed by atoms with Gasteiger partial charge in [-0.05, 0) is 113 Å². The van der Waals surface area contributed by atoms with E-state index in [1.165, 1.54) is 24.3 Å². The average molecular weight is 566 g/mol. The van der Waals surface area contributed by atoms with Crippen LogP contribution >= 0.6 is 11.8 Å². The summed E-state index contributed by atoms with van der Waals surface area (Å²) in [6.45, 7) is 0. The van der Waals surface area contributed by atoms with Gasteiger partial charge in [0.15, 0.2) is 0 Å². The molecule has 12 heteroatoms. The summed E-state index contributed by atoms with van der Waals surface area (Å²) in [5.74, 6) is 0.891. The number of sulfonamides is 1. The molecule has 0 N–H and O–H groups in total. The van der Waals surface area contributed by atoms with Crippen molar-refractivity contribution in [2.24, 2.45) is 5.92 Å². The van der Waals surface area contributed by atoms with E-state index in [4.69, 9.17) is 4.84 Å². The summed E-state index contributed by atoms with van der Waals surface area (Å²) in [4.78, 5) is 24.0. The van der Waals surface area contributed by atoms with Crippen molar-refractivity contribution in [3.8, 4) is 0 Å². The van der Waals surface area contributed by atoms with Crippen LogP contribution in [-0.2, 0) is 15.4 Å². The first kappa shape index (κ1) is 24.5. The number of anilines is 1. The van der Waals surface area contributed by atoms with E-state index >= 15 is 0 Å². The van der Waals surface area contributed by atoms with E-state index in [9.17, 15) is 17.6 Å². The van der Waals surface area contributed by atoms with Gasteiger partial charge in [-0.25, -0.2) is 22.6 Å². The molecule has 1 spiro atoms. The molecule has 9 nitrogen and oxygen atoms in total. The molecular formula is C27H24FN5O4S2. The van der Waals surface area contributed by atoms with Gasteiger partial charge in [0, 0.05) is 11.6 Å². The van der Waals surface area contributed by atoms with Gasteiger partial charge in [-0.3, -0.25) is 4.31 Å². The Hall–Kier alpha value is -3.51.